The van der Waals surface area contributed by atoms with Gasteiger partial charge in [-0.25, -0.2) is 8.78 Å². The number of rotatable bonds is 6. The molecule has 0 saturated heterocycles. The van der Waals surface area contributed by atoms with Gasteiger partial charge in [0, 0.05) is 6.54 Å². The Morgan fingerprint density at radius 2 is 1.85 bits per heavy atom. The summed E-state index contributed by atoms with van der Waals surface area (Å²) in [5.74, 6) is -3.18. The zero-order chi connectivity index (χ0) is 15.3. The van der Waals surface area contributed by atoms with Gasteiger partial charge in [-0.1, -0.05) is 26.7 Å². The van der Waals surface area contributed by atoms with E-state index >= 15 is 0 Å². The lowest BCUT2D eigenvalue weighted by Crippen LogP contribution is -2.29. The number of carbonyl (C=O) groups is 1. The number of halogens is 2. The first kappa shape index (κ1) is 16.0. The van der Waals surface area contributed by atoms with E-state index in [0.717, 1.165) is 12.8 Å². The monoisotopic (exact) mass is 286 g/mol. The van der Waals surface area contributed by atoms with Gasteiger partial charge in [0.15, 0.2) is 11.6 Å². The number of amides is 1. The summed E-state index contributed by atoms with van der Waals surface area (Å²) in [7, 11) is 0. The standard InChI is InChI=1S/C13H16F2N2O3/c1-3-8(4-2)7-16-13(18)9-5-10(14)11(15)6-12(9)17(19)20/h5-6,8H,3-4,7H2,1-2H3,(H,16,18). The Balaban J connectivity index is 2.97. The summed E-state index contributed by atoms with van der Waals surface area (Å²) in [5, 5.41) is 13.3. The summed E-state index contributed by atoms with van der Waals surface area (Å²) in [6.45, 7) is 4.25. The lowest BCUT2D eigenvalue weighted by atomic mass is 10.0. The van der Waals surface area contributed by atoms with Crippen LogP contribution in [0.15, 0.2) is 12.1 Å². The third-order valence-corrected chi connectivity index (χ3v) is 3.19. The van der Waals surface area contributed by atoms with Gasteiger partial charge in [-0.2, -0.15) is 0 Å². The van der Waals surface area contributed by atoms with Gasteiger partial charge in [-0.3, -0.25) is 14.9 Å². The average molecular weight is 286 g/mol. The van der Waals surface area contributed by atoms with Crippen LogP contribution in [-0.4, -0.2) is 17.4 Å². The highest BCUT2D eigenvalue weighted by atomic mass is 19.2. The van der Waals surface area contributed by atoms with Crippen molar-refractivity contribution in [2.45, 2.75) is 26.7 Å². The lowest BCUT2D eigenvalue weighted by Gasteiger charge is -2.13. The number of hydrogen-bond acceptors (Lipinski definition) is 3. The number of nitrogens with zero attached hydrogens (tertiary/aromatic N) is 1. The minimum absolute atomic E-state index is 0.239. The van der Waals surface area contributed by atoms with Crippen LogP contribution < -0.4 is 5.32 Å². The minimum Gasteiger partial charge on any atom is -0.352 e. The predicted octanol–water partition coefficient (Wildman–Crippen LogP) is 3.04. The lowest BCUT2D eigenvalue weighted by molar-refractivity contribution is -0.385. The summed E-state index contributed by atoms with van der Waals surface area (Å²) >= 11 is 0. The van der Waals surface area contributed by atoms with Crippen molar-refractivity contribution < 1.29 is 18.5 Å². The fourth-order valence-corrected chi connectivity index (χ4v) is 1.78. The van der Waals surface area contributed by atoms with Crippen molar-refractivity contribution in [1.29, 1.82) is 0 Å². The highest BCUT2D eigenvalue weighted by molar-refractivity contribution is 5.98. The molecule has 1 aromatic carbocycles. The van der Waals surface area contributed by atoms with Crippen molar-refractivity contribution in [3.8, 4) is 0 Å². The van der Waals surface area contributed by atoms with Crippen LogP contribution in [0.5, 0.6) is 0 Å². The van der Waals surface area contributed by atoms with E-state index in [2.05, 4.69) is 5.32 Å². The van der Waals surface area contributed by atoms with Crippen molar-refractivity contribution in [2.75, 3.05) is 6.54 Å². The van der Waals surface area contributed by atoms with Gasteiger partial charge >= 0.3 is 0 Å². The first-order valence-electron chi connectivity index (χ1n) is 6.32. The van der Waals surface area contributed by atoms with Crippen LogP contribution in [0.3, 0.4) is 0 Å². The molecule has 20 heavy (non-hydrogen) atoms. The second-order valence-corrected chi connectivity index (χ2v) is 4.43. The maximum absolute atomic E-state index is 13.1. The molecule has 0 aliphatic rings. The zero-order valence-corrected chi connectivity index (χ0v) is 11.3. The largest absolute Gasteiger partial charge is 0.352 e. The first-order chi connectivity index (χ1) is 9.40. The molecule has 1 amide bonds. The number of carbonyl (C=O) groups excluding carboxylic acids is 1. The molecule has 0 heterocycles. The molecule has 5 nitrogen and oxygen atoms in total. The molecular formula is C13H16F2N2O3. The highest BCUT2D eigenvalue weighted by Gasteiger charge is 2.24. The molecule has 1 rings (SSSR count). The molecule has 7 heteroatoms. The maximum Gasteiger partial charge on any atom is 0.285 e. The second kappa shape index (κ2) is 6.93. The third-order valence-electron chi connectivity index (χ3n) is 3.19. The summed E-state index contributed by atoms with van der Waals surface area (Å²) in [6.07, 6.45) is 1.69. The van der Waals surface area contributed by atoms with E-state index in [-0.39, 0.29) is 5.92 Å². The van der Waals surface area contributed by atoms with Gasteiger partial charge < -0.3 is 5.32 Å². The van der Waals surface area contributed by atoms with Crippen molar-refractivity contribution >= 4 is 11.6 Å². The third kappa shape index (κ3) is 3.72. The molecule has 0 atom stereocenters. The van der Waals surface area contributed by atoms with Crippen LogP contribution in [0.1, 0.15) is 37.0 Å². The Labute approximate surface area is 115 Å². The number of nitro groups is 1. The quantitative estimate of drug-likeness (QED) is 0.645. The molecule has 0 saturated carbocycles. The summed E-state index contributed by atoms with van der Waals surface area (Å²) in [6, 6.07) is 0.969. The summed E-state index contributed by atoms with van der Waals surface area (Å²) in [4.78, 5) is 21.7. The Hall–Kier alpha value is -2.05. The molecule has 0 unspecified atom stereocenters. The minimum atomic E-state index is -1.35. The van der Waals surface area contributed by atoms with Crippen LogP contribution in [-0.2, 0) is 0 Å². The first-order valence-corrected chi connectivity index (χ1v) is 6.32. The highest BCUT2D eigenvalue weighted by Crippen LogP contribution is 2.22. The Morgan fingerprint density at radius 1 is 1.30 bits per heavy atom. The summed E-state index contributed by atoms with van der Waals surface area (Å²) < 4.78 is 26.1. The van der Waals surface area contributed by atoms with Crippen LogP contribution >= 0.6 is 0 Å². The van der Waals surface area contributed by atoms with Gasteiger partial charge in [0.25, 0.3) is 11.6 Å². The number of nitro benzene ring substituents is 1. The van der Waals surface area contributed by atoms with E-state index in [4.69, 9.17) is 0 Å². The topological polar surface area (TPSA) is 72.2 Å². The molecule has 0 aliphatic carbocycles. The van der Waals surface area contributed by atoms with E-state index in [1.165, 1.54) is 0 Å². The number of hydrogen-bond donors (Lipinski definition) is 1. The normalized spacial score (nSPS) is 10.7. The molecule has 0 spiro atoms. The average Bonchev–Trinajstić information content (AvgIpc) is 2.41. The van der Waals surface area contributed by atoms with E-state index in [1.807, 2.05) is 13.8 Å². The van der Waals surface area contributed by atoms with Crippen LogP contribution in [0.25, 0.3) is 0 Å². The van der Waals surface area contributed by atoms with Crippen LogP contribution in [0.4, 0.5) is 14.5 Å². The fraction of sp³-hybridized carbons (Fsp3) is 0.462. The second-order valence-electron chi connectivity index (χ2n) is 4.43. The molecule has 0 aromatic heterocycles. The van der Waals surface area contributed by atoms with E-state index in [0.29, 0.717) is 18.7 Å². The van der Waals surface area contributed by atoms with Gasteiger partial charge in [-0.05, 0) is 12.0 Å². The van der Waals surface area contributed by atoms with E-state index in [9.17, 15) is 23.7 Å². The molecular weight excluding hydrogens is 270 g/mol. The molecule has 0 radical (unpaired) electrons. The number of benzene rings is 1. The van der Waals surface area contributed by atoms with Gasteiger partial charge in [0.2, 0.25) is 0 Å². The smallest absolute Gasteiger partial charge is 0.285 e. The SMILES string of the molecule is CCC(CC)CNC(=O)c1cc(F)c(F)cc1[N+](=O)[O-]. The fourth-order valence-electron chi connectivity index (χ4n) is 1.78. The van der Waals surface area contributed by atoms with Crippen molar-refractivity contribution in [1.82, 2.24) is 5.32 Å². The Kier molecular flexibility index (Phi) is 5.54. The van der Waals surface area contributed by atoms with E-state index in [1.54, 1.807) is 0 Å². The predicted molar refractivity (Wildman–Crippen MR) is 69.4 cm³/mol. The van der Waals surface area contributed by atoms with Crippen LogP contribution in [0, 0.1) is 27.7 Å². The Morgan fingerprint density at radius 3 is 2.35 bits per heavy atom. The van der Waals surface area contributed by atoms with Gasteiger partial charge in [-0.15, -0.1) is 0 Å². The van der Waals surface area contributed by atoms with Gasteiger partial charge in [0.1, 0.15) is 5.56 Å². The zero-order valence-electron chi connectivity index (χ0n) is 11.3. The number of nitrogens with one attached hydrogen (secondary N) is 1. The van der Waals surface area contributed by atoms with Crippen molar-refractivity contribution in [2.24, 2.45) is 5.92 Å². The molecule has 0 fully saturated rings. The van der Waals surface area contributed by atoms with Crippen molar-refractivity contribution in [3.63, 3.8) is 0 Å². The van der Waals surface area contributed by atoms with Crippen molar-refractivity contribution in [3.05, 3.63) is 39.4 Å². The van der Waals surface area contributed by atoms with Crippen LogP contribution in [0.2, 0.25) is 0 Å². The van der Waals surface area contributed by atoms with Gasteiger partial charge in [0.05, 0.1) is 11.0 Å². The maximum atomic E-state index is 13.1. The summed E-state index contributed by atoms with van der Waals surface area (Å²) in [5.41, 5.74) is -1.22. The van der Waals surface area contributed by atoms with E-state index < -0.39 is 33.7 Å². The Bertz CT molecular complexity index is 517. The molecule has 1 aromatic rings. The molecule has 110 valence electrons. The molecule has 0 bridgehead atoms. The molecule has 1 N–H and O–H groups in total. The molecule has 0 aliphatic heterocycles.